The van der Waals surface area contributed by atoms with E-state index in [4.69, 9.17) is 9.72 Å². The fraction of sp³-hybridized carbons (Fsp3) is 0.222. The summed E-state index contributed by atoms with van der Waals surface area (Å²) in [6, 6.07) is 24.0. The first-order valence-corrected chi connectivity index (χ1v) is 10.9. The summed E-state index contributed by atoms with van der Waals surface area (Å²) in [5, 5.41) is 3.09. The Labute approximate surface area is 186 Å². The van der Waals surface area contributed by atoms with Crippen LogP contribution in [0.3, 0.4) is 0 Å². The molecular formula is C27H24N2O3. The molecule has 1 fully saturated rings. The van der Waals surface area contributed by atoms with Gasteiger partial charge in [0.2, 0.25) is 0 Å². The smallest absolute Gasteiger partial charge is 0.308 e. The van der Waals surface area contributed by atoms with Crippen molar-refractivity contribution in [2.24, 2.45) is 5.92 Å². The quantitative estimate of drug-likeness (QED) is 0.430. The molecule has 1 aliphatic rings. The number of ether oxygens (including phenoxy) is 1. The molecule has 5 nitrogen and oxygen atoms in total. The van der Waals surface area contributed by atoms with Crippen LogP contribution in [0.4, 0.5) is 0 Å². The molecule has 0 N–H and O–H groups in total. The van der Waals surface area contributed by atoms with Gasteiger partial charge in [-0.25, -0.2) is 4.98 Å². The third-order valence-electron chi connectivity index (χ3n) is 6.33. The number of carbonyl (C=O) groups is 2. The molecule has 1 aliphatic heterocycles. The number of rotatable bonds is 3. The number of carbonyl (C=O) groups excluding carboxylic acids is 2. The average molecular weight is 425 g/mol. The summed E-state index contributed by atoms with van der Waals surface area (Å²) in [5.74, 6) is -0.345. The van der Waals surface area contributed by atoms with Crippen LogP contribution in [0.2, 0.25) is 0 Å². The Hall–Kier alpha value is -3.73. The highest BCUT2D eigenvalue weighted by molar-refractivity contribution is 6.08. The Morgan fingerprint density at radius 1 is 0.906 bits per heavy atom. The predicted octanol–water partition coefficient (Wildman–Crippen LogP) is 5.08. The maximum absolute atomic E-state index is 13.6. The summed E-state index contributed by atoms with van der Waals surface area (Å²) in [5.41, 5.74) is 3.24. The van der Waals surface area contributed by atoms with Crippen LogP contribution in [0.5, 0.6) is 0 Å². The highest BCUT2D eigenvalue weighted by Gasteiger charge is 2.29. The largest absolute Gasteiger partial charge is 0.469 e. The summed E-state index contributed by atoms with van der Waals surface area (Å²) >= 11 is 0. The van der Waals surface area contributed by atoms with Crippen LogP contribution in [0.25, 0.3) is 32.9 Å². The van der Waals surface area contributed by atoms with Gasteiger partial charge in [0.25, 0.3) is 5.91 Å². The van der Waals surface area contributed by atoms with E-state index in [1.807, 2.05) is 53.4 Å². The van der Waals surface area contributed by atoms with Crippen molar-refractivity contribution in [3.05, 3.63) is 78.4 Å². The Balaban J connectivity index is 1.56. The van der Waals surface area contributed by atoms with Gasteiger partial charge in [0.15, 0.2) is 0 Å². The molecule has 160 valence electrons. The van der Waals surface area contributed by atoms with Gasteiger partial charge in [-0.15, -0.1) is 0 Å². The normalized spacial score (nSPS) is 14.6. The van der Waals surface area contributed by atoms with E-state index in [2.05, 4.69) is 24.3 Å². The second-order valence-corrected chi connectivity index (χ2v) is 8.19. The third-order valence-corrected chi connectivity index (χ3v) is 6.33. The molecule has 0 atom stereocenters. The van der Waals surface area contributed by atoms with Crippen LogP contribution in [-0.2, 0) is 9.53 Å². The van der Waals surface area contributed by atoms with Crippen molar-refractivity contribution < 1.29 is 14.3 Å². The maximum atomic E-state index is 13.6. The highest BCUT2D eigenvalue weighted by Crippen LogP contribution is 2.31. The molecule has 0 bridgehead atoms. The Bertz CT molecular complexity index is 1320. The number of fused-ring (bicyclic) bond motifs is 2. The number of hydrogen-bond acceptors (Lipinski definition) is 4. The van der Waals surface area contributed by atoms with Crippen molar-refractivity contribution in [3.8, 4) is 11.3 Å². The molecule has 1 aromatic heterocycles. The summed E-state index contributed by atoms with van der Waals surface area (Å²) in [6.07, 6.45) is 1.25. The molecule has 0 spiro atoms. The first-order chi connectivity index (χ1) is 15.7. The SMILES string of the molecule is COC(=O)C1CCN(C(=O)c2cc(-c3cccc4ccccc34)nc3ccccc23)CC1. The van der Waals surface area contributed by atoms with Crippen LogP contribution in [0, 0.1) is 5.92 Å². The van der Waals surface area contributed by atoms with Gasteiger partial charge in [-0.2, -0.15) is 0 Å². The van der Waals surface area contributed by atoms with Crippen molar-refractivity contribution in [1.82, 2.24) is 9.88 Å². The van der Waals surface area contributed by atoms with Crippen LogP contribution in [0.15, 0.2) is 72.8 Å². The number of methoxy groups -OCH3 is 1. The summed E-state index contributed by atoms with van der Waals surface area (Å²) in [6.45, 7) is 1.08. The molecule has 5 heteroatoms. The van der Waals surface area contributed by atoms with Crippen LogP contribution in [0.1, 0.15) is 23.2 Å². The van der Waals surface area contributed by atoms with Gasteiger partial charge < -0.3 is 9.64 Å². The van der Waals surface area contributed by atoms with Crippen LogP contribution >= 0.6 is 0 Å². The van der Waals surface area contributed by atoms with Crippen molar-refractivity contribution in [2.75, 3.05) is 20.2 Å². The topological polar surface area (TPSA) is 59.5 Å². The van der Waals surface area contributed by atoms with Crippen LogP contribution in [-0.4, -0.2) is 42.0 Å². The molecule has 0 unspecified atom stereocenters. The van der Waals surface area contributed by atoms with Gasteiger partial charge >= 0.3 is 5.97 Å². The van der Waals surface area contributed by atoms with Gasteiger partial charge in [0.1, 0.15) is 0 Å². The molecular weight excluding hydrogens is 400 g/mol. The van der Waals surface area contributed by atoms with Gasteiger partial charge in [-0.1, -0.05) is 60.7 Å². The molecule has 32 heavy (non-hydrogen) atoms. The zero-order chi connectivity index (χ0) is 22.1. The third kappa shape index (κ3) is 3.60. The van der Waals surface area contributed by atoms with Gasteiger partial charge in [-0.05, 0) is 35.7 Å². The monoisotopic (exact) mass is 424 g/mol. The second kappa shape index (κ2) is 8.42. The van der Waals surface area contributed by atoms with Crippen LogP contribution < -0.4 is 0 Å². The van der Waals surface area contributed by atoms with E-state index in [1.165, 1.54) is 7.11 Å². The van der Waals surface area contributed by atoms with E-state index in [1.54, 1.807) is 0 Å². The predicted molar refractivity (Wildman–Crippen MR) is 125 cm³/mol. The number of para-hydroxylation sites is 1. The van der Waals surface area contributed by atoms with E-state index in [0.29, 0.717) is 31.5 Å². The Kier molecular flexibility index (Phi) is 5.31. The van der Waals surface area contributed by atoms with E-state index >= 15 is 0 Å². The molecule has 1 saturated heterocycles. The number of aromatic nitrogens is 1. The standard InChI is InChI=1S/C27H24N2O3/c1-32-27(31)19-13-15-29(16-14-19)26(30)23-17-25(28-24-12-5-4-10-22(23)24)21-11-6-8-18-7-2-3-9-20(18)21/h2-12,17,19H,13-16H2,1H3. The highest BCUT2D eigenvalue weighted by atomic mass is 16.5. The minimum atomic E-state index is -0.190. The molecule has 2 heterocycles. The second-order valence-electron chi connectivity index (χ2n) is 8.19. The van der Waals surface area contributed by atoms with E-state index in [-0.39, 0.29) is 17.8 Å². The fourth-order valence-electron chi connectivity index (χ4n) is 4.59. The molecule has 1 amide bonds. The number of amides is 1. The van der Waals surface area contributed by atoms with E-state index in [9.17, 15) is 9.59 Å². The minimum absolute atomic E-state index is 0.0200. The first kappa shape index (κ1) is 20.2. The zero-order valence-corrected chi connectivity index (χ0v) is 18.0. The molecule has 0 aliphatic carbocycles. The molecule has 3 aromatic carbocycles. The number of likely N-dealkylation sites (tertiary alicyclic amines) is 1. The molecule has 4 aromatic rings. The molecule has 5 rings (SSSR count). The fourth-order valence-corrected chi connectivity index (χ4v) is 4.59. The van der Waals surface area contributed by atoms with Gasteiger partial charge in [0.05, 0.1) is 29.8 Å². The molecule has 0 radical (unpaired) electrons. The van der Waals surface area contributed by atoms with Crippen molar-refractivity contribution in [1.29, 1.82) is 0 Å². The van der Waals surface area contributed by atoms with Crippen molar-refractivity contribution in [3.63, 3.8) is 0 Å². The van der Waals surface area contributed by atoms with Gasteiger partial charge in [-0.3, -0.25) is 9.59 Å². The lowest BCUT2D eigenvalue weighted by atomic mass is 9.95. The Morgan fingerprint density at radius 3 is 2.38 bits per heavy atom. The number of piperidine rings is 1. The van der Waals surface area contributed by atoms with Crippen molar-refractivity contribution in [2.45, 2.75) is 12.8 Å². The number of benzene rings is 3. The summed E-state index contributed by atoms with van der Waals surface area (Å²) < 4.78 is 4.88. The summed E-state index contributed by atoms with van der Waals surface area (Å²) in [4.78, 5) is 32.2. The average Bonchev–Trinajstić information content (AvgIpc) is 2.87. The number of pyridine rings is 1. The van der Waals surface area contributed by atoms with E-state index in [0.717, 1.165) is 32.9 Å². The number of esters is 1. The van der Waals surface area contributed by atoms with Gasteiger partial charge in [0, 0.05) is 24.0 Å². The number of nitrogens with zero attached hydrogens (tertiary/aromatic N) is 2. The van der Waals surface area contributed by atoms with Crippen molar-refractivity contribution >= 4 is 33.6 Å². The first-order valence-electron chi connectivity index (χ1n) is 10.9. The minimum Gasteiger partial charge on any atom is -0.469 e. The molecule has 0 saturated carbocycles. The Morgan fingerprint density at radius 2 is 1.59 bits per heavy atom. The number of hydrogen-bond donors (Lipinski definition) is 0. The van der Waals surface area contributed by atoms with E-state index < -0.39 is 0 Å². The lowest BCUT2D eigenvalue weighted by Gasteiger charge is -2.31. The lowest BCUT2D eigenvalue weighted by Crippen LogP contribution is -2.40. The lowest BCUT2D eigenvalue weighted by molar-refractivity contribution is -0.146. The zero-order valence-electron chi connectivity index (χ0n) is 18.0. The maximum Gasteiger partial charge on any atom is 0.308 e. The summed E-state index contributed by atoms with van der Waals surface area (Å²) in [7, 11) is 1.41.